The van der Waals surface area contributed by atoms with E-state index in [-0.39, 0.29) is 12.0 Å². The lowest BCUT2D eigenvalue weighted by molar-refractivity contribution is -0.282. The van der Waals surface area contributed by atoms with E-state index < -0.39 is 36.7 Å². The van der Waals surface area contributed by atoms with Gasteiger partial charge in [0, 0.05) is 5.57 Å². The molecule has 1 atom stereocenters. The lowest BCUT2D eigenvalue weighted by Crippen LogP contribution is -2.46. The molecule has 9 heteroatoms. The van der Waals surface area contributed by atoms with Crippen molar-refractivity contribution in [3.05, 3.63) is 12.2 Å². The molecule has 0 aliphatic rings. The van der Waals surface area contributed by atoms with Crippen molar-refractivity contribution in [1.29, 1.82) is 0 Å². The Bertz CT molecular complexity index is 389. The van der Waals surface area contributed by atoms with Crippen molar-refractivity contribution >= 4 is 11.9 Å². The standard InChI is InChI=1S/C11H13F5O4/c1-4-7(5-19-8(17)6(2)3)20-9(18)10(12,13)11(14,15)16/h7H,2,4-5H2,1,3H3. The van der Waals surface area contributed by atoms with Crippen molar-refractivity contribution in [2.24, 2.45) is 0 Å². The zero-order valence-electron chi connectivity index (χ0n) is 10.7. The maximum Gasteiger partial charge on any atom is 0.465 e. The number of halogens is 5. The fourth-order valence-electron chi connectivity index (χ4n) is 0.868. The van der Waals surface area contributed by atoms with E-state index in [1.54, 1.807) is 0 Å². The average molecular weight is 304 g/mol. The normalized spacial score (nSPS) is 13.6. The molecule has 0 aliphatic carbocycles. The number of ether oxygens (including phenoxy) is 2. The van der Waals surface area contributed by atoms with Gasteiger partial charge in [0.05, 0.1) is 0 Å². The summed E-state index contributed by atoms with van der Waals surface area (Å²) in [4.78, 5) is 21.8. The molecule has 1 unspecified atom stereocenters. The molecule has 0 rings (SSSR count). The third-order valence-electron chi connectivity index (χ3n) is 2.09. The first-order valence-corrected chi connectivity index (χ1v) is 5.41. The van der Waals surface area contributed by atoms with E-state index in [9.17, 15) is 31.5 Å². The van der Waals surface area contributed by atoms with Crippen LogP contribution in [0.15, 0.2) is 12.2 Å². The summed E-state index contributed by atoms with van der Waals surface area (Å²) in [6, 6.07) is 0. The van der Waals surface area contributed by atoms with E-state index in [1.165, 1.54) is 13.8 Å². The zero-order valence-corrected chi connectivity index (χ0v) is 10.7. The highest BCUT2D eigenvalue weighted by molar-refractivity contribution is 5.87. The number of hydrogen-bond donors (Lipinski definition) is 0. The van der Waals surface area contributed by atoms with Crippen LogP contribution in [0.2, 0.25) is 0 Å². The van der Waals surface area contributed by atoms with E-state index >= 15 is 0 Å². The van der Waals surface area contributed by atoms with Crippen molar-refractivity contribution < 1.29 is 41.0 Å². The molecule has 0 heterocycles. The molecule has 4 nitrogen and oxygen atoms in total. The first kappa shape index (κ1) is 18.3. The summed E-state index contributed by atoms with van der Waals surface area (Å²) in [5.74, 6) is -9.22. The molecule has 0 saturated carbocycles. The zero-order chi connectivity index (χ0) is 16.1. The van der Waals surface area contributed by atoms with E-state index in [2.05, 4.69) is 16.1 Å². The molecule has 0 radical (unpaired) electrons. The summed E-state index contributed by atoms with van der Waals surface area (Å²) in [5.41, 5.74) is 0.00630. The summed E-state index contributed by atoms with van der Waals surface area (Å²) in [5, 5.41) is 0. The summed E-state index contributed by atoms with van der Waals surface area (Å²) in [6.45, 7) is 5.28. The van der Waals surface area contributed by atoms with Gasteiger partial charge in [0.15, 0.2) is 0 Å². The second-order valence-electron chi connectivity index (χ2n) is 3.89. The molecular weight excluding hydrogens is 291 g/mol. The van der Waals surface area contributed by atoms with Crippen LogP contribution in [0.1, 0.15) is 20.3 Å². The smallest absolute Gasteiger partial charge is 0.458 e. The van der Waals surface area contributed by atoms with Crippen molar-refractivity contribution in [3.63, 3.8) is 0 Å². The van der Waals surface area contributed by atoms with Crippen LogP contribution in [0, 0.1) is 0 Å². The molecule has 0 aliphatic heterocycles. The fourth-order valence-corrected chi connectivity index (χ4v) is 0.868. The maximum absolute atomic E-state index is 12.6. The third kappa shape index (κ3) is 4.78. The van der Waals surface area contributed by atoms with Crippen molar-refractivity contribution in [2.45, 2.75) is 38.5 Å². The minimum Gasteiger partial charge on any atom is -0.458 e. The van der Waals surface area contributed by atoms with Gasteiger partial charge in [-0.1, -0.05) is 13.5 Å². The van der Waals surface area contributed by atoms with Gasteiger partial charge in [0.1, 0.15) is 12.7 Å². The van der Waals surface area contributed by atoms with Crippen LogP contribution >= 0.6 is 0 Å². The predicted molar refractivity (Wildman–Crippen MR) is 56.9 cm³/mol. The minimum atomic E-state index is -6.04. The fraction of sp³-hybridized carbons (Fsp3) is 0.636. The summed E-state index contributed by atoms with van der Waals surface area (Å²) >= 11 is 0. The molecule has 116 valence electrons. The Morgan fingerprint density at radius 2 is 1.70 bits per heavy atom. The highest BCUT2D eigenvalue weighted by atomic mass is 19.4. The second-order valence-corrected chi connectivity index (χ2v) is 3.89. The van der Waals surface area contributed by atoms with Crippen molar-refractivity contribution in [1.82, 2.24) is 0 Å². The van der Waals surface area contributed by atoms with Crippen LogP contribution < -0.4 is 0 Å². The molecule has 0 aromatic heterocycles. The summed E-state index contributed by atoms with van der Waals surface area (Å²) < 4.78 is 69.5. The van der Waals surface area contributed by atoms with Gasteiger partial charge in [-0.2, -0.15) is 22.0 Å². The van der Waals surface area contributed by atoms with Gasteiger partial charge in [-0.05, 0) is 13.3 Å². The minimum absolute atomic E-state index is 0.00630. The SMILES string of the molecule is C=C(C)C(=O)OCC(CC)OC(=O)C(F)(F)C(F)(F)F. The van der Waals surface area contributed by atoms with Crippen LogP contribution in [0.4, 0.5) is 22.0 Å². The molecule has 20 heavy (non-hydrogen) atoms. The molecule has 0 saturated heterocycles. The van der Waals surface area contributed by atoms with Crippen LogP contribution in [-0.4, -0.2) is 36.7 Å². The van der Waals surface area contributed by atoms with E-state index in [4.69, 9.17) is 0 Å². The maximum atomic E-state index is 12.6. The molecule has 0 N–H and O–H groups in total. The molecule has 0 spiro atoms. The number of carbonyl (C=O) groups excluding carboxylic acids is 2. The Kier molecular flexibility index (Phi) is 6.11. The lowest BCUT2D eigenvalue weighted by Gasteiger charge is -2.22. The van der Waals surface area contributed by atoms with Gasteiger partial charge in [-0.25, -0.2) is 9.59 Å². The quantitative estimate of drug-likeness (QED) is 0.430. The van der Waals surface area contributed by atoms with Gasteiger partial charge < -0.3 is 9.47 Å². The number of hydrogen-bond acceptors (Lipinski definition) is 4. The predicted octanol–water partition coefficient (Wildman–Crippen LogP) is 2.63. The number of rotatable bonds is 6. The number of esters is 2. The Labute approximate surface area is 111 Å². The summed E-state index contributed by atoms with van der Waals surface area (Å²) in [6.07, 6.45) is -7.56. The van der Waals surface area contributed by atoms with Crippen LogP contribution in [0.25, 0.3) is 0 Å². The topological polar surface area (TPSA) is 52.6 Å². The first-order valence-electron chi connectivity index (χ1n) is 5.41. The monoisotopic (exact) mass is 304 g/mol. The highest BCUT2D eigenvalue weighted by Gasteiger charge is 2.65. The van der Waals surface area contributed by atoms with Gasteiger partial charge in [-0.3, -0.25) is 0 Å². The van der Waals surface area contributed by atoms with Gasteiger partial charge in [0.25, 0.3) is 0 Å². The van der Waals surface area contributed by atoms with Gasteiger partial charge in [-0.15, -0.1) is 0 Å². The molecule has 0 aromatic carbocycles. The van der Waals surface area contributed by atoms with E-state index in [0.29, 0.717) is 0 Å². The summed E-state index contributed by atoms with van der Waals surface area (Å²) in [7, 11) is 0. The molecular formula is C11H13F5O4. The van der Waals surface area contributed by atoms with Crippen molar-refractivity contribution in [2.75, 3.05) is 6.61 Å². The molecule has 0 fully saturated rings. The van der Waals surface area contributed by atoms with Gasteiger partial charge in [0.2, 0.25) is 0 Å². The lowest BCUT2D eigenvalue weighted by atomic mass is 10.2. The average Bonchev–Trinajstić information content (AvgIpc) is 2.31. The number of alkyl halides is 5. The largest absolute Gasteiger partial charge is 0.465 e. The third-order valence-corrected chi connectivity index (χ3v) is 2.09. The number of carbonyl (C=O) groups is 2. The molecule has 0 bridgehead atoms. The molecule has 0 aromatic rings. The Hall–Kier alpha value is -1.67. The van der Waals surface area contributed by atoms with Crippen LogP contribution in [-0.2, 0) is 19.1 Å². The van der Waals surface area contributed by atoms with E-state index in [0.717, 1.165) is 0 Å². The van der Waals surface area contributed by atoms with E-state index in [1.807, 2.05) is 0 Å². The van der Waals surface area contributed by atoms with Crippen molar-refractivity contribution in [3.8, 4) is 0 Å². The van der Waals surface area contributed by atoms with Crippen LogP contribution in [0.5, 0.6) is 0 Å². The molecule has 0 amide bonds. The first-order chi connectivity index (χ1) is 8.93. The highest BCUT2D eigenvalue weighted by Crippen LogP contribution is 2.36. The second kappa shape index (κ2) is 6.67. The Morgan fingerprint density at radius 1 is 1.20 bits per heavy atom. The Balaban J connectivity index is 4.62. The van der Waals surface area contributed by atoms with Gasteiger partial charge >= 0.3 is 24.0 Å². The van der Waals surface area contributed by atoms with Crippen LogP contribution in [0.3, 0.4) is 0 Å². The Morgan fingerprint density at radius 3 is 2.05 bits per heavy atom.